The molecule has 0 spiro atoms. The van der Waals surface area contributed by atoms with E-state index in [4.69, 9.17) is 15.3 Å². The van der Waals surface area contributed by atoms with Gasteiger partial charge < -0.3 is 35.6 Å². The average molecular weight is 532 g/mol. The van der Waals surface area contributed by atoms with Crippen LogP contribution >= 0.6 is 0 Å². The first-order valence-corrected chi connectivity index (χ1v) is 12.3. The molecule has 6 N–H and O–H groups in total. The van der Waals surface area contributed by atoms with Crippen LogP contribution in [0.15, 0.2) is 18.6 Å². The minimum absolute atomic E-state index is 0.126. The number of aryl methyl sites for hydroxylation is 2. The third kappa shape index (κ3) is 8.35. The van der Waals surface area contributed by atoms with Crippen molar-refractivity contribution in [3.05, 3.63) is 35.4 Å². The Bertz CT molecular complexity index is 1240. The molecule has 0 radical (unpaired) electrons. The van der Waals surface area contributed by atoms with Crippen molar-refractivity contribution in [2.75, 3.05) is 10.6 Å². The van der Waals surface area contributed by atoms with Gasteiger partial charge in [-0.25, -0.2) is 9.78 Å². The van der Waals surface area contributed by atoms with E-state index in [0.29, 0.717) is 18.3 Å². The lowest BCUT2D eigenvalue weighted by Gasteiger charge is -2.20. The van der Waals surface area contributed by atoms with E-state index in [0.717, 1.165) is 28.8 Å². The second-order valence-electron chi connectivity index (χ2n) is 9.27. The summed E-state index contributed by atoms with van der Waals surface area (Å²) in [6, 6.07) is 2.17. The summed E-state index contributed by atoms with van der Waals surface area (Å²) in [4.78, 5) is 37.7. The minimum Gasteiger partial charge on any atom is -0.481 e. The van der Waals surface area contributed by atoms with E-state index in [2.05, 4.69) is 57.4 Å². The fraction of sp³-hybridized carbons (Fsp3) is 0.520. The van der Waals surface area contributed by atoms with Crippen LogP contribution < -0.4 is 10.6 Å². The third-order valence-corrected chi connectivity index (χ3v) is 5.77. The smallest absolute Gasteiger partial charge is 0.333 e. The van der Waals surface area contributed by atoms with Crippen molar-refractivity contribution in [1.82, 2.24) is 24.5 Å². The molecule has 0 aliphatic heterocycles. The lowest BCUT2D eigenvalue weighted by Crippen LogP contribution is -2.31. The molecule has 3 heterocycles. The molecule has 0 aliphatic carbocycles. The van der Waals surface area contributed by atoms with E-state index >= 15 is 0 Å². The van der Waals surface area contributed by atoms with Gasteiger partial charge in [-0.3, -0.25) is 9.78 Å². The molecule has 3 atom stereocenters. The van der Waals surface area contributed by atoms with Gasteiger partial charge in [0.05, 0.1) is 24.9 Å². The highest BCUT2D eigenvalue weighted by molar-refractivity contribution is 5.84. The monoisotopic (exact) mass is 531 g/mol. The number of rotatable bonds is 11. The molecule has 0 saturated carbocycles. The van der Waals surface area contributed by atoms with Gasteiger partial charge in [-0.2, -0.15) is 9.97 Å². The first kappa shape index (κ1) is 30.4. The lowest BCUT2D eigenvalue weighted by atomic mass is 10.1. The number of fused-ring (bicyclic) bond motifs is 1. The Morgan fingerprint density at radius 3 is 2.26 bits per heavy atom. The Labute approximate surface area is 221 Å². The number of hydrogen-bond donors (Lipinski definition) is 6. The molecular formula is C25H37N7O6. The number of carbonyl (C=O) groups is 2. The standard InChI is InChI=1S/C21H31N7O.C4H6O5/c1-7-17(15(6)29)25-21-26-19(18-20(27-21)28(11-24-18)12(2)3)23-10-16-9-22-14(5)8-13(16)4;5-2(4(8)9)1-3(6)7/h8-9,11-12,15,17,29H,7,10H2,1-6H3,(H2,23,25,26,27);2,5H,1H2,(H,6,7)(H,8,9)/t15-,17+;2-/m10/s1. The molecule has 0 amide bonds. The maximum atomic E-state index is 10.0. The number of nitrogens with one attached hydrogen (secondary N) is 2. The van der Waals surface area contributed by atoms with E-state index in [9.17, 15) is 14.7 Å². The largest absolute Gasteiger partial charge is 0.481 e. The van der Waals surface area contributed by atoms with Crippen LogP contribution in [0.4, 0.5) is 11.8 Å². The zero-order valence-corrected chi connectivity index (χ0v) is 22.5. The Morgan fingerprint density at radius 1 is 1.08 bits per heavy atom. The molecule has 0 aromatic carbocycles. The molecule has 0 unspecified atom stereocenters. The van der Waals surface area contributed by atoms with Crippen molar-refractivity contribution in [3.8, 4) is 0 Å². The number of anilines is 2. The van der Waals surface area contributed by atoms with Crippen LogP contribution in [0, 0.1) is 13.8 Å². The van der Waals surface area contributed by atoms with E-state index in [1.165, 1.54) is 5.56 Å². The fourth-order valence-electron chi connectivity index (χ4n) is 3.55. The van der Waals surface area contributed by atoms with Crippen molar-refractivity contribution in [2.24, 2.45) is 0 Å². The number of carboxylic acid groups (broad SMARTS) is 2. The van der Waals surface area contributed by atoms with Crippen LogP contribution in [0.1, 0.15) is 63.4 Å². The zero-order chi connectivity index (χ0) is 28.6. The van der Waals surface area contributed by atoms with Crippen molar-refractivity contribution >= 4 is 34.9 Å². The molecule has 0 bridgehead atoms. The molecule has 0 fully saturated rings. The SMILES string of the molecule is CC[C@H](Nc1nc(NCc2cnc(C)cc2C)c2ncn(C(C)C)c2n1)[C@@H](C)O.O=C(O)C[C@H](O)C(=O)O. The summed E-state index contributed by atoms with van der Waals surface area (Å²) >= 11 is 0. The van der Waals surface area contributed by atoms with Gasteiger partial charge in [0.25, 0.3) is 0 Å². The quantitative estimate of drug-likeness (QED) is 0.212. The molecule has 0 saturated heterocycles. The zero-order valence-electron chi connectivity index (χ0n) is 22.5. The fourth-order valence-corrected chi connectivity index (χ4v) is 3.55. The summed E-state index contributed by atoms with van der Waals surface area (Å²) in [5, 5.41) is 40.8. The first-order valence-electron chi connectivity index (χ1n) is 12.3. The molecular weight excluding hydrogens is 494 g/mol. The van der Waals surface area contributed by atoms with Crippen LogP contribution in [0.2, 0.25) is 0 Å². The molecule has 38 heavy (non-hydrogen) atoms. The van der Waals surface area contributed by atoms with Crippen molar-refractivity contribution in [3.63, 3.8) is 0 Å². The highest BCUT2D eigenvalue weighted by Crippen LogP contribution is 2.25. The Morgan fingerprint density at radius 2 is 1.76 bits per heavy atom. The number of carboxylic acids is 2. The summed E-state index contributed by atoms with van der Waals surface area (Å²) in [6.45, 7) is 12.6. The molecule has 13 nitrogen and oxygen atoms in total. The highest BCUT2D eigenvalue weighted by atomic mass is 16.4. The maximum absolute atomic E-state index is 10.0. The van der Waals surface area contributed by atoms with E-state index in [1.807, 2.05) is 24.6 Å². The van der Waals surface area contributed by atoms with Gasteiger partial charge >= 0.3 is 11.9 Å². The third-order valence-electron chi connectivity index (χ3n) is 5.77. The van der Waals surface area contributed by atoms with Gasteiger partial charge in [0.2, 0.25) is 5.95 Å². The van der Waals surface area contributed by atoms with Crippen LogP contribution in [-0.4, -0.2) is 75.1 Å². The number of nitrogens with zero attached hydrogens (tertiary/aromatic N) is 5. The second kappa shape index (κ2) is 13.6. The van der Waals surface area contributed by atoms with E-state index in [1.54, 1.807) is 13.3 Å². The van der Waals surface area contributed by atoms with Gasteiger partial charge in [-0.05, 0) is 58.2 Å². The van der Waals surface area contributed by atoms with Crippen molar-refractivity contribution < 1.29 is 30.0 Å². The number of aliphatic hydroxyl groups excluding tert-OH is 2. The topological polar surface area (TPSA) is 196 Å². The summed E-state index contributed by atoms with van der Waals surface area (Å²) in [6.07, 6.45) is 1.40. The van der Waals surface area contributed by atoms with Gasteiger partial charge in [-0.15, -0.1) is 0 Å². The first-order chi connectivity index (χ1) is 17.8. The van der Waals surface area contributed by atoms with Gasteiger partial charge in [0.15, 0.2) is 23.1 Å². The molecule has 13 heteroatoms. The van der Waals surface area contributed by atoms with E-state index < -0.39 is 30.6 Å². The van der Waals surface area contributed by atoms with Crippen LogP contribution in [0.25, 0.3) is 11.2 Å². The van der Waals surface area contributed by atoms with Gasteiger partial charge in [0, 0.05) is 24.5 Å². The number of aliphatic carboxylic acids is 2. The molecule has 3 aromatic heterocycles. The van der Waals surface area contributed by atoms with Crippen molar-refractivity contribution in [1.29, 1.82) is 0 Å². The molecule has 3 rings (SSSR count). The average Bonchev–Trinajstić information content (AvgIpc) is 3.26. The maximum Gasteiger partial charge on any atom is 0.333 e. The summed E-state index contributed by atoms with van der Waals surface area (Å²) in [5.74, 6) is -1.70. The van der Waals surface area contributed by atoms with Crippen LogP contribution in [0.5, 0.6) is 0 Å². The number of imidazole rings is 1. The normalized spacial score (nSPS) is 13.4. The molecule has 208 valence electrons. The Kier molecular flexibility index (Phi) is 10.9. The van der Waals surface area contributed by atoms with Gasteiger partial charge in [-0.1, -0.05) is 6.92 Å². The summed E-state index contributed by atoms with van der Waals surface area (Å²) in [5.41, 5.74) is 4.78. The van der Waals surface area contributed by atoms with Gasteiger partial charge in [0.1, 0.15) is 0 Å². The predicted molar refractivity (Wildman–Crippen MR) is 142 cm³/mol. The second-order valence-corrected chi connectivity index (χ2v) is 9.27. The minimum atomic E-state index is -1.79. The lowest BCUT2D eigenvalue weighted by molar-refractivity contribution is -0.152. The number of aliphatic hydroxyl groups is 2. The summed E-state index contributed by atoms with van der Waals surface area (Å²) < 4.78 is 2.02. The number of aromatic nitrogens is 5. The number of hydrogen-bond acceptors (Lipinski definition) is 10. The van der Waals surface area contributed by atoms with Crippen LogP contribution in [0.3, 0.4) is 0 Å². The summed E-state index contributed by atoms with van der Waals surface area (Å²) in [7, 11) is 0. The van der Waals surface area contributed by atoms with Crippen LogP contribution in [-0.2, 0) is 16.1 Å². The van der Waals surface area contributed by atoms with Crippen molar-refractivity contribution in [2.45, 2.75) is 85.2 Å². The Balaban J connectivity index is 0.000000484. The number of pyridine rings is 1. The Hall–Kier alpha value is -3.84. The predicted octanol–water partition coefficient (Wildman–Crippen LogP) is 2.51. The highest BCUT2D eigenvalue weighted by Gasteiger charge is 2.19. The van der Waals surface area contributed by atoms with E-state index in [-0.39, 0.29) is 12.1 Å². The molecule has 3 aromatic rings. The molecule has 0 aliphatic rings.